The van der Waals surface area contributed by atoms with Gasteiger partial charge in [-0.15, -0.1) is 0 Å². The van der Waals surface area contributed by atoms with Crippen molar-refractivity contribution in [3.63, 3.8) is 0 Å². The van der Waals surface area contributed by atoms with Gasteiger partial charge in [-0.25, -0.2) is 0 Å². The largest absolute Gasteiger partial charge is 1.00 e. The van der Waals surface area contributed by atoms with Crippen LogP contribution in [0, 0.1) is 0 Å². The molecule has 0 aromatic rings. The smallest absolute Gasteiger partial charge is 0.565 e. The third-order valence-electron chi connectivity index (χ3n) is 2.25. The Morgan fingerprint density at radius 1 is 1.12 bits per heavy atom. The number of nitrogens with two attached hydrogens (primary N) is 1. The molecule has 2 atom stereocenters. The predicted octanol–water partition coefficient (Wildman–Crippen LogP) is -6.31. The van der Waals surface area contributed by atoms with Gasteiger partial charge in [-0.1, -0.05) is 0 Å². The molecule has 0 aliphatic heterocycles. The number of hydrogen-bond acceptors (Lipinski definition) is 8. The van der Waals surface area contributed by atoms with Gasteiger partial charge in [0, 0.05) is 12.2 Å². The van der Waals surface area contributed by atoms with Crippen LogP contribution in [0.2, 0.25) is 0 Å². The van der Waals surface area contributed by atoms with E-state index >= 15 is 0 Å². The van der Waals surface area contributed by atoms with Gasteiger partial charge >= 0.3 is 41.5 Å². The van der Waals surface area contributed by atoms with Gasteiger partial charge in [-0.2, -0.15) is 12.6 Å². The van der Waals surface area contributed by atoms with Crippen LogP contribution >= 0.6 is 12.6 Å². The van der Waals surface area contributed by atoms with Crippen molar-refractivity contribution in [2.45, 2.75) is 24.9 Å². The summed E-state index contributed by atoms with van der Waals surface area (Å²) < 4.78 is 0. The second kappa shape index (κ2) is 16.0. The summed E-state index contributed by atoms with van der Waals surface area (Å²) in [5, 5.41) is 36.7. The average molecular weight is 391 g/mol. The van der Waals surface area contributed by atoms with Crippen molar-refractivity contribution in [3.8, 4) is 0 Å². The van der Waals surface area contributed by atoms with E-state index in [0.717, 1.165) is 0 Å². The summed E-state index contributed by atoms with van der Waals surface area (Å²) in [5.74, 6) is -3.70. The number of rotatable bonds is 9. The Labute approximate surface area is 169 Å². The number of carbonyl (C=O) groups excluding carboxylic acids is 2. The van der Waals surface area contributed by atoms with E-state index in [0.29, 0.717) is 0 Å². The molecule has 0 bridgehead atoms. The van der Waals surface area contributed by atoms with Crippen LogP contribution < -0.4 is 51.0 Å². The van der Waals surface area contributed by atoms with E-state index < -0.39 is 48.5 Å². The first-order valence-corrected chi connectivity index (χ1v) is 6.92. The first-order chi connectivity index (χ1) is 11.0. The van der Waals surface area contributed by atoms with Crippen LogP contribution in [0.4, 0.5) is 4.79 Å². The quantitative estimate of drug-likeness (QED) is 0.145. The number of hydrogen-bond donors (Lipinski definition) is 7. The Balaban J connectivity index is -0.000000867. The average Bonchev–Trinajstić information content (AvgIpc) is 2.46. The Hall–Kier alpha value is -1.54. The van der Waals surface area contributed by atoms with Crippen LogP contribution in [0.15, 0.2) is 0 Å². The van der Waals surface area contributed by atoms with Crippen LogP contribution in [-0.4, -0.2) is 69.6 Å². The van der Waals surface area contributed by atoms with Gasteiger partial charge in [0.1, 0.15) is 18.6 Å². The van der Waals surface area contributed by atoms with E-state index in [4.69, 9.17) is 31.0 Å². The van der Waals surface area contributed by atoms with E-state index in [9.17, 15) is 19.2 Å². The maximum Gasteiger partial charge on any atom is 1.00 e. The number of carboxylic acid groups (broad SMARTS) is 4. The molecule has 25 heavy (non-hydrogen) atoms. The maximum atomic E-state index is 11.5. The minimum Gasteiger partial charge on any atom is -0.565 e. The standard InChI is InChI=1S/C10H17N3O6S.CH2O3.Na/c11-5(10(18)19)1-2-7(14)13-6(4-20)9(17)12-3-8(15)16;2-1(3)4;/h5-6,20H,1-4,11H2,(H,12,17)(H,13,14)(H,15,16)(H,18,19);(H2,2,3,4);/q;;+1/p-1. The van der Waals surface area contributed by atoms with Crippen LogP contribution in [0.5, 0.6) is 0 Å². The molecule has 0 aromatic heterocycles. The zero-order valence-corrected chi connectivity index (χ0v) is 16.2. The van der Waals surface area contributed by atoms with Crippen molar-refractivity contribution < 1.29 is 74.0 Å². The first kappa shape index (κ1) is 28.3. The van der Waals surface area contributed by atoms with Crippen molar-refractivity contribution in [1.29, 1.82) is 0 Å². The van der Waals surface area contributed by atoms with E-state index in [1.807, 2.05) is 0 Å². The van der Waals surface area contributed by atoms with Crippen molar-refractivity contribution in [3.05, 3.63) is 0 Å². The van der Waals surface area contributed by atoms with Gasteiger partial charge in [-0.3, -0.25) is 19.2 Å². The van der Waals surface area contributed by atoms with Gasteiger partial charge in [0.25, 0.3) is 0 Å². The predicted molar refractivity (Wildman–Crippen MR) is 79.3 cm³/mol. The number of carbonyl (C=O) groups is 5. The van der Waals surface area contributed by atoms with Gasteiger partial charge < -0.3 is 41.6 Å². The second-order valence-corrected chi connectivity index (χ2v) is 4.53. The SMILES string of the molecule is NC(CCC(=O)NC(CS)C(=O)NCC(=O)O)C(=O)O.O=C([O-])O.[Na+]. The summed E-state index contributed by atoms with van der Waals surface area (Å²) in [6.45, 7) is -0.567. The van der Waals surface area contributed by atoms with Crippen molar-refractivity contribution in [2.24, 2.45) is 5.73 Å². The third kappa shape index (κ3) is 18.6. The fraction of sp³-hybridized carbons (Fsp3) is 0.545. The third-order valence-corrected chi connectivity index (χ3v) is 2.61. The number of carboxylic acids is 2. The molecule has 7 N–H and O–H groups in total. The Bertz CT molecular complexity index is 474. The van der Waals surface area contributed by atoms with Crippen LogP contribution in [0.3, 0.4) is 0 Å². The molecule has 14 heteroatoms. The monoisotopic (exact) mass is 391 g/mol. The summed E-state index contributed by atoms with van der Waals surface area (Å²) in [6.07, 6.45) is -2.32. The fourth-order valence-electron chi connectivity index (χ4n) is 1.16. The summed E-state index contributed by atoms with van der Waals surface area (Å²) in [7, 11) is 0. The van der Waals surface area contributed by atoms with Gasteiger partial charge in [-0.05, 0) is 6.42 Å². The number of nitrogens with one attached hydrogen (secondary N) is 2. The Morgan fingerprint density at radius 3 is 1.96 bits per heavy atom. The molecular weight excluding hydrogens is 373 g/mol. The van der Waals surface area contributed by atoms with Crippen molar-refractivity contribution in [1.82, 2.24) is 10.6 Å². The topological polar surface area (TPSA) is 219 Å². The Morgan fingerprint density at radius 2 is 1.60 bits per heavy atom. The second-order valence-electron chi connectivity index (χ2n) is 4.16. The van der Waals surface area contributed by atoms with Gasteiger partial charge in [0.2, 0.25) is 18.0 Å². The van der Waals surface area contributed by atoms with Crippen LogP contribution in [-0.2, 0) is 19.2 Å². The van der Waals surface area contributed by atoms with Crippen molar-refractivity contribution in [2.75, 3.05) is 12.3 Å². The molecule has 0 spiro atoms. The normalized spacial score (nSPS) is 11.4. The molecule has 0 rings (SSSR count). The Kier molecular flexibility index (Phi) is 18.0. The number of aliphatic carboxylic acids is 2. The molecule has 0 radical (unpaired) electrons. The minimum absolute atomic E-state index is 0. The maximum absolute atomic E-state index is 11.5. The first-order valence-electron chi connectivity index (χ1n) is 6.29. The zero-order chi connectivity index (χ0) is 19.3. The molecule has 0 aromatic carbocycles. The van der Waals surface area contributed by atoms with E-state index in [2.05, 4.69) is 23.3 Å². The molecule has 0 saturated heterocycles. The number of thiol groups is 1. The fourth-order valence-corrected chi connectivity index (χ4v) is 1.41. The molecule has 0 saturated carbocycles. The zero-order valence-electron chi connectivity index (χ0n) is 13.3. The van der Waals surface area contributed by atoms with E-state index in [1.165, 1.54) is 0 Å². The summed E-state index contributed by atoms with van der Waals surface area (Å²) in [6, 6.07) is -2.15. The minimum atomic E-state index is -2.08. The summed E-state index contributed by atoms with van der Waals surface area (Å²) in [5.41, 5.74) is 5.23. The molecule has 0 aliphatic rings. The molecule has 0 aliphatic carbocycles. The molecule has 0 fully saturated rings. The van der Waals surface area contributed by atoms with Crippen LogP contribution in [0.1, 0.15) is 12.8 Å². The van der Waals surface area contributed by atoms with Gasteiger partial charge in [0.15, 0.2) is 0 Å². The number of amides is 2. The molecule has 138 valence electrons. The van der Waals surface area contributed by atoms with Gasteiger partial charge in [0.05, 0.1) is 0 Å². The summed E-state index contributed by atoms with van der Waals surface area (Å²) >= 11 is 3.87. The molecule has 2 unspecified atom stereocenters. The molecule has 0 heterocycles. The molecular formula is C11H18N3NaO9S. The van der Waals surface area contributed by atoms with E-state index in [-0.39, 0.29) is 48.2 Å². The molecule has 12 nitrogen and oxygen atoms in total. The summed E-state index contributed by atoms with van der Waals surface area (Å²) in [4.78, 5) is 52.2. The van der Waals surface area contributed by atoms with Crippen molar-refractivity contribution >= 4 is 42.5 Å². The molecule has 2 amide bonds. The van der Waals surface area contributed by atoms with Crippen LogP contribution in [0.25, 0.3) is 0 Å². The van der Waals surface area contributed by atoms with E-state index in [1.54, 1.807) is 0 Å².